The summed E-state index contributed by atoms with van der Waals surface area (Å²) in [6.07, 6.45) is 3.88. The van der Waals surface area contributed by atoms with Gasteiger partial charge >= 0.3 is 0 Å². The third-order valence-corrected chi connectivity index (χ3v) is 5.21. The van der Waals surface area contributed by atoms with Gasteiger partial charge in [0.15, 0.2) is 0 Å². The topological polar surface area (TPSA) is 28.4 Å². The monoisotopic (exact) mass is 362 g/mol. The fourth-order valence-corrected chi connectivity index (χ4v) is 3.51. The second-order valence-electron chi connectivity index (χ2n) is 7.13. The molecular formula is C24H30N2O. The van der Waals surface area contributed by atoms with Crippen LogP contribution in [0, 0.1) is 0 Å². The van der Waals surface area contributed by atoms with Crippen molar-refractivity contribution in [2.75, 3.05) is 6.54 Å². The zero-order valence-electron chi connectivity index (χ0n) is 16.3. The molecule has 2 atom stereocenters. The molecule has 3 rings (SSSR count). The number of aliphatic hydroxyl groups excluding tert-OH is 1. The Hall–Kier alpha value is -2.36. The van der Waals surface area contributed by atoms with E-state index < -0.39 is 6.10 Å². The van der Waals surface area contributed by atoms with Crippen molar-refractivity contribution >= 4 is 0 Å². The summed E-state index contributed by atoms with van der Waals surface area (Å²) in [5.41, 5.74) is 3.39. The molecular weight excluding hydrogens is 332 g/mol. The number of benzene rings is 2. The molecule has 0 bridgehead atoms. The minimum Gasteiger partial charge on any atom is -0.387 e. The predicted octanol–water partition coefficient (Wildman–Crippen LogP) is 5.20. The van der Waals surface area contributed by atoms with Crippen LogP contribution in [0.3, 0.4) is 0 Å². The normalized spacial score (nSPS) is 13.6. The lowest BCUT2D eigenvalue weighted by molar-refractivity contribution is 0.0514. The molecule has 0 aliphatic carbocycles. The first-order valence-corrected chi connectivity index (χ1v) is 9.89. The highest BCUT2D eigenvalue weighted by Crippen LogP contribution is 2.24. The summed E-state index contributed by atoms with van der Waals surface area (Å²) < 4.78 is 2.24. The highest BCUT2D eigenvalue weighted by atomic mass is 16.3. The minimum absolute atomic E-state index is 0.0399. The van der Waals surface area contributed by atoms with Gasteiger partial charge in [-0.2, -0.15) is 0 Å². The van der Waals surface area contributed by atoms with Gasteiger partial charge in [0.25, 0.3) is 0 Å². The van der Waals surface area contributed by atoms with Gasteiger partial charge in [-0.3, -0.25) is 4.90 Å². The second kappa shape index (κ2) is 9.54. The number of nitrogens with zero attached hydrogens (tertiary/aromatic N) is 2. The molecule has 3 aromatic rings. The molecule has 0 saturated carbocycles. The molecule has 0 spiro atoms. The van der Waals surface area contributed by atoms with E-state index in [9.17, 15) is 5.11 Å². The molecule has 1 aromatic heterocycles. The van der Waals surface area contributed by atoms with Gasteiger partial charge in [0.1, 0.15) is 0 Å². The van der Waals surface area contributed by atoms with E-state index in [1.54, 1.807) is 0 Å². The SMILES string of the molecule is CCCCN(Cc1cccn1-c1ccccc1)[C@@H](C)[C@H](O)c1ccccc1. The molecule has 0 aliphatic heterocycles. The highest BCUT2D eigenvalue weighted by Gasteiger charge is 2.23. The lowest BCUT2D eigenvalue weighted by Crippen LogP contribution is -2.38. The molecule has 2 aromatic carbocycles. The lowest BCUT2D eigenvalue weighted by atomic mass is 10.0. The van der Waals surface area contributed by atoms with Gasteiger partial charge in [-0.1, -0.05) is 61.9 Å². The number of hydrogen-bond donors (Lipinski definition) is 1. The smallest absolute Gasteiger partial charge is 0.0942 e. The van der Waals surface area contributed by atoms with E-state index in [0.29, 0.717) is 0 Å². The molecule has 3 nitrogen and oxygen atoms in total. The van der Waals surface area contributed by atoms with Crippen molar-refractivity contribution in [2.45, 2.75) is 45.4 Å². The van der Waals surface area contributed by atoms with E-state index in [2.05, 4.69) is 65.9 Å². The quantitative estimate of drug-likeness (QED) is 0.566. The zero-order chi connectivity index (χ0) is 19.1. The van der Waals surface area contributed by atoms with Crippen molar-refractivity contribution in [1.82, 2.24) is 9.47 Å². The van der Waals surface area contributed by atoms with Crippen molar-refractivity contribution in [3.8, 4) is 5.69 Å². The van der Waals surface area contributed by atoms with Gasteiger partial charge in [0.2, 0.25) is 0 Å². The van der Waals surface area contributed by atoms with Gasteiger partial charge in [-0.15, -0.1) is 0 Å². The number of aromatic nitrogens is 1. The van der Waals surface area contributed by atoms with Crippen molar-refractivity contribution in [3.05, 3.63) is 90.3 Å². The van der Waals surface area contributed by atoms with Crippen LogP contribution in [-0.4, -0.2) is 27.2 Å². The second-order valence-corrected chi connectivity index (χ2v) is 7.13. The standard InChI is InChI=1S/C24H30N2O/c1-3-4-17-25(20(2)24(27)21-12-7-5-8-13-21)19-23-16-11-18-26(23)22-14-9-6-10-15-22/h5-16,18,20,24,27H,3-4,17,19H2,1-2H3/t20-,24-/m0/s1. The third-order valence-electron chi connectivity index (χ3n) is 5.21. The molecule has 27 heavy (non-hydrogen) atoms. The summed E-state index contributed by atoms with van der Waals surface area (Å²) >= 11 is 0. The van der Waals surface area contributed by atoms with E-state index in [0.717, 1.165) is 31.5 Å². The maximum atomic E-state index is 10.9. The molecule has 0 saturated heterocycles. The maximum absolute atomic E-state index is 10.9. The molecule has 1 N–H and O–H groups in total. The molecule has 0 radical (unpaired) electrons. The Balaban J connectivity index is 1.81. The van der Waals surface area contributed by atoms with Gasteiger partial charge in [0.05, 0.1) is 6.10 Å². The van der Waals surface area contributed by atoms with Gasteiger partial charge in [0, 0.05) is 30.2 Å². The Morgan fingerprint density at radius 2 is 1.59 bits per heavy atom. The molecule has 0 aliphatic rings. The Labute approximate surface area is 162 Å². The average molecular weight is 363 g/mol. The van der Waals surface area contributed by atoms with Crippen LogP contribution in [0.4, 0.5) is 0 Å². The van der Waals surface area contributed by atoms with E-state index in [4.69, 9.17) is 0 Å². The summed E-state index contributed by atoms with van der Waals surface area (Å²) in [5.74, 6) is 0. The highest BCUT2D eigenvalue weighted by molar-refractivity contribution is 5.34. The number of aliphatic hydroxyl groups is 1. The lowest BCUT2D eigenvalue weighted by Gasteiger charge is -2.33. The summed E-state index contributed by atoms with van der Waals surface area (Å²) in [6, 6.07) is 24.7. The summed E-state index contributed by atoms with van der Waals surface area (Å²) in [5, 5.41) is 10.9. The molecule has 3 heteroatoms. The largest absolute Gasteiger partial charge is 0.387 e. The van der Waals surface area contributed by atoms with Crippen LogP contribution in [-0.2, 0) is 6.54 Å². The van der Waals surface area contributed by atoms with E-state index in [1.165, 1.54) is 11.4 Å². The summed E-state index contributed by atoms with van der Waals surface area (Å²) in [4.78, 5) is 2.40. The Morgan fingerprint density at radius 1 is 0.926 bits per heavy atom. The Bertz CT molecular complexity index is 798. The van der Waals surface area contributed by atoms with Crippen LogP contribution in [0.5, 0.6) is 0 Å². The molecule has 1 heterocycles. The first-order chi connectivity index (χ1) is 13.2. The van der Waals surface area contributed by atoms with Crippen LogP contribution < -0.4 is 0 Å². The van der Waals surface area contributed by atoms with Crippen LogP contribution >= 0.6 is 0 Å². The van der Waals surface area contributed by atoms with E-state index in [1.807, 2.05) is 36.4 Å². The summed E-state index contributed by atoms with van der Waals surface area (Å²) in [6.45, 7) is 6.13. The number of hydrogen-bond acceptors (Lipinski definition) is 2. The molecule has 142 valence electrons. The fourth-order valence-electron chi connectivity index (χ4n) is 3.51. The maximum Gasteiger partial charge on any atom is 0.0942 e. The molecule has 0 amide bonds. The van der Waals surface area contributed by atoms with Crippen molar-refractivity contribution < 1.29 is 5.11 Å². The van der Waals surface area contributed by atoms with Gasteiger partial charge in [-0.25, -0.2) is 0 Å². The van der Waals surface area contributed by atoms with Crippen LogP contribution in [0.25, 0.3) is 5.69 Å². The average Bonchev–Trinajstić information content (AvgIpc) is 3.19. The van der Waals surface area contributed by atoms with Crippen molar-refractivity contribution in [3.63, 3.8) is 0 Å². The minimum atomic E-state index is -0.497. The van der Waals surface area contributed by atoms with Gasteiger partial charge in [-0.05, 0) is 49.7 Å². The zero-order valence-corrected chi connectivity index (χ0v) is 16.3. The number of para-hydroxylation sites is 1. The predicted molar refractivity (Wildman–Crippen MR) is 112 cm³/mol. The van der Waals surface area contributed by atoms with E-state index >= 15 is 0 Å². The summed E-state index contributed by atoms with van der Waals surface area (Å²) in [7, 11) is 0. The van der Waals surface area contributed by atoms with Crippen LogP contribution in [0.15, 0.2) is 79.0 Å². The first kappa shape index (κ1) is 19.4. The van der Waals surface area contributed by atoms with Gasteiger partial charge < -0.3 is 9.67 Å². The molecule has 0 fully saturated rings. The van der Waals surface area contributed by atoms with Crippen molar-refractivity contribution in [2.24, 2.45) is 0 Å². The third kappa shape index (κ3) is 4.88. The van der Waals surface area contributed by atoms with Crippen LogP contribution in [0.1, 0.15) is 44.1 Å². The molecule has 0 unspecified atom stereocenters. The fraction of sp³-hybridized carbons (Fsp3) is 0.333. The Morgan fingerprint density at radius 3 is 2.26 bits per heavy atom. The Kier molecular flexibility index (Phi) is 6.86. The first-order valence-electron chi connectivity index (χ1n) is 9.89. The van der Waals surface area contributed by atoms with Crippen LogP contribution in [0.2, 0.25) is 0 Å². The van der Waals surface area contributed by atoms with Crippen molar-refractivity contribution in [1.29, 1.82) is 0 Å². The number of rotatable bonds is 9. The number of unbranched alkanes of at least 4 members (excludes halogenated alkanes) is 1. The van der Waals surface area contributed by atoms with E-state index in [-0.39, 0.29) is 6.04 Å².